The average molecular weight is 313 g/mol. The molecule has 23 heavy (non-hydrogen) atoms. The molecule has 0 heterocycles. The molecule has 1 amide bonds. The molecular formula is C17H15NO5. The van der Waals surface area contributed by atoms with Crippen molar-refractivity contribution in [3.8, 4) is 0 Å². The summed E-state index contributed by atoms with van der Waals surface area (Å²) in [5, 5.41) is 11.6. The van der Waals surface area contributed by atoms with E-state index in [1.807, 2.05) is 0 Å². The third-order valence-corrected chi connectivity index (χ3v) is 3.01. The summed E-state index contributed by atoms with van der Waals surface area (Å²) < 4.78 is 4.93. The van der Waals surface area contributed by atoms with Crippen LogP contribution in [0.4, 0.5) is 0 Å². The van der Waals surface area contributed by atoms with Crippen LogP contribution in [-0.4, -0.2) is 29.5 Å². The number of carbonyl (C=O) groups is 3. The zero-order valence-electron chi connectivity index (χ0n) is 12.1. The van der Waals surface area contributed by atoms with Crippen LogP contribution in [0, 0.1) is 0 Å². The van der Waals surface area contributed by atoms with Gasteiger partial charge in [0.15, 0.2) is 0 Å². The third kappa shape index (κ3) is 4.67. The van der Waals surface area contributed by atoms with Gasteiger partial charge in [-0.05, 0) is 12.1 Å². The zero-order valence-corrected chi connectivity index (χ0v) is 12.1. The standard InChI is InChI=1S/C17H15NO5/c19-14(11-18-16(20)13-9-5-2-6-10-13)23-15(17(21)22)12-7-3-1-4-8-12/h1-10,15H,11H2,(H,18,20)(H,21,22). The SMILES string of the molecule is O=C(CNC(=O)c1ccccc1)OC(C(=O)O)c1ccccc1. The molecule has 0 radical (unpaired) electrons. The summed E-state index contributed by atoms with van der Waals surface area (Å²) in [6.07, 6.45) is -1.41. The number of aliphatic carboxylic acids is 1. The summed E-state index contributed by atoms with van der Waals surface area (Å²) in [5.74, 6) is -2.54. The molecule has 0 fully saturated rings. The lowest BCUT2D eigenvalue weighted by Crippen LogP contribution is -2.32. The van der Waals surface area contributed by atoms with Crippen molar-refractivity contribution in [2.45, 2.75) is 6.10 Å². The van der Waals surface area contributed by atoms with Crippen LogP contribution in [0.3, 0.4) is 0 Å². The lowest BCUT2D eigenvalue weighted by atomic mass is 10.1. The number of carboxylic acid groups (broad SMARTS) is 1. The van der Waals surface area contributed by atoms with Gasteiger partial charge >= 0.3 is 11.9 Å². The number of carboxylic acids is 1. The fourth-order valence-electron chi connectivity index (χ4n) is 1.91. The van der Waals surface area contributed by atoms with Crippen molar-refractivity contribution in [2.75, 3.05) is 6.54 Å². The Bertz CT molecular complexity index is 685. The van der Waals surface area contributed by atoms with E-state index in [-0.39, 0.29) is 0 Å². The minimum Gasteiger partial charge on any atom is -0.478 e. The molecule has 0 aromatic heterocycles. The van der Waals surface area contributed by atoms with E-state index in [1.165, 1.54) is 0 Å². The molecule has 0 spiro atoms. The molecule has 0 aliphatic carbocycles. The Morgan fingerprint density at radius 1 is 0.957 bits per heavy atom. The number of ether oxygens (including phenoxy) is 1. The van der Waals surface area contributed by atoms with Crippen LogP contribution in [0.2, 0.25) is 0 Å². The molecule has 0 saturated heterocycles. The second-order valence-corrected chi connectivity index (χ2v) is 4.67. The molecule has 1 atom stereocenters. The molecule has 2 aromatic rings. The second-order valence-electron chi connectivity index (χ2n) is 4.67. The summed E-state index contributed by atoms with van der Waals surface area (Å²) >= 11 is 0. The van der Waals surface area contributed by atoms with Gasteiger partial charge in [0.05, 0.1) is 0 Å². The minimum absolute atomic E-state index is 0.350. The van der Waals surface area contributed by atoms with E-state index in [4.69, 9.17) is 9.84 Å². The summed E-state index contributed by atoms with van der Waals surface area (Å²) in [6, 6.07) is 16.5. The first-order chi connectivity index (χ1) is 11.1. The highest BCUT2D eigenvalue weighted by Crippen LogP contribution is 2.17. The van der Waals surface area contributed by atoms with Crippen LogP contribution in [0.5, 0.6) is 0 Å². The molecule has 0 aliphatic heterocycles. The van der Waals surface area contributed by atoms with Gasteiger partial charge in [-0.15, -0.1) is 0 Å². The summed E-state index contributed by atoms with van der Waals surface area (Å²) in [7, 11) is 0. The van der Waals surface area contributed by atoms with Gasteiger partial charge in [0.25, 0.3) is 5.91 Å². The second kappa shape index (κ2) is 7.74. The van der Waals surface area contributed by atoms with Crippen LogP contribution in [0.25, 0.3) is 0 Å². The Hall–Kier alpha value is -3.15. The Balaban J connectivity index is 1.93. The first-order valence-electron chi connectivity index (χ1n) is 6.88. The number of hydrogen-bond donors (Lipinski definition) is 2. The third-order valence-electron chi connectivity index (χ3n) is 3.01. The fraction of sp³-hybridized carbons (Fsp3) is 0.118. The number of esters is 1. The number of benzene rings is 2. The zero-order chi connectivity index (χ0) is 16.7. The average Bonchev–Trinajstić information content (AvgIpc) is 2.58. The highest BCUT2D eigenvalue weighted by atomic mass is 16.6. The quantitative estimate of drug-likeness (QED) is 0.793. The van der Waals surface area contributed by atoms with Gasteiger partial charge in [-0.3, -0.25) is 9.59 Å². The fourth-order valence-corrected chi connectivity index (χ4v) is 1.91. The first kappa shape index (κ1) is 16.2. The normalized spacial score (nSPS) is 11.3. The highest BCUT2D eigenvalue weighted by Gasteiger charge is 2.24. The van der Waals surface area contributed by atoms with Crippen LogP contribution in [0.15, 0.2) is 60.7 Å². The lowest BCUT2D eigenvalue weighted by molar-refractivity contribution is -0.163. The molecule has 6 heteroatoms. The van der Waals surface area contributed by atoms with Crippen LogP contribution < -0.4 is 5.32 Å². The van der Waals surface area contributed by atoms with Crippen molar-refractivity contribution in [3.05, 3.63) is 71.8 Å². The number of nitrogens with one attached hydrogen (secondary N) is 1. The maximum atomic E-state index is 11.8. The molecule has 6 nitrogen and oxygen atoms in total. The molecule has 0 bridgehead atoms. The maximum absolute atomic E-state index is 11.8. The van der Waals surface area contributed by atoms with Crippen LogP contribution in [-0.2, 0) is 14.3 Å². The maximum Gasteiger partial charge on any atom is 0.349 e. The molecule has 2 rings (SSSR count). The minimum atomic E-state index is -1.41. The molecule has 1 unspecified atom stereocenters. The number of amides is 1. The molecular weight excluding hydrogens is 298 g/mol. The van der Waals surface area contributed by atoms with Gasteiger partial charge in [0.2, 0.25) is 6.10 Å². The summed E-state index contributed by atoms with van der Waals surface area (Å²) in [6.45, 7) is -0.412. The van der Waals surface area contributed by atoms with E-state index in [2.05, 4.69) is 5.32 Å². The van der Waals surface area contributed by atoms with Gasteiger partial charge in [0, 0.05) is 11.1 Å². The molecule has 2 aromatic carbocycles. The molecule has 2 N–H and O–H groups in total. The number of carbonyl (C=O) groups excluding carboxylic acids is 2. The summed E-state index contributed by atoms with van der Waals surface area (Å²) in [4.78, 5) is 34.8. The van der Waals surface area contributed by atoms with Crippen molar-refractivity contribution < 1.29 is 24.2 Å². The lowest BCUT2D eigenvalue weighted by Gasteiger charge is -2.14. The molecule has 118 valence electrons. The number of hydrogen-bond acceptors (Lipinski definition) is 4. The van der Waals surface area contributed by atoms with Crippen molar-refractivity contribution in [3.63, 3.8) is 0 Å². The largest absolute Gasteiger partial charge is 0.478 e. The van der Waals surface area contributed by atoms with Gasteiger partial charge in [0.1, 0.15) is 6.54 Å². The predicted molar refractivity (Wildman–Crippen MR) is 81.7 cm³/mol. The Morgan fingerprint density at radius 2 is 1.52 bits per heavy atom. The van der Waals surface area contributed by atoms with Gasteiger partial charge in [-0.1, -0.05) is 48.5 Å². The molecule has 0 saturated carbocycles. The van der Waals surface area contributed by atoms with Crippen LogP contribution >= 0.6 is 0 Å². The Morgan fingerprint density at radius 3 is 2.09 bits per heavy atom. The van der Waals surface area contributed by atoms with Crippen molar-refractivity contribution in [1.29, 1.82) is 0 Å². The summed E-state index contributed by atoms with van der Waals surface area (Å²) in [5.41, 5.74) is 0.751. The van der Waals surface area contributed by atoms with E-state index >= 15 is 0 Å². The van der Waals surface area contributed by atoms with E-state index in [0.29, 0.717) is 11.1 Å². The van der Waals surface area contributed by atoms with E-state index in [1.54, 1.807) is 60.7 Å². The van der Waals surface area contributed by atoms with Gasteiger partial charge in [-0.2, -0.15) is 0 Å². The topological polar surface area (TPSA) is 92.7 Å². The van der Waals surface area contributed by atoms with Gasteiger partial charge in [-0.25, -0.2) is 4.79 Å². The van der Waals surface area contributed by atoms with Crippen molar-refractivity contribution >= 4 is 17.8 Å². The van der Waals surface area contributed by atoms with Gasteiger partial charge < -0.3 is 15.2 Å². The Labute approximate surface area is 132 Å². The smallest absolute Gasteiger partial charge is 0.349 e. The molecule has 0 aliphatic rings. The monoisotopic (exact) mass is 313 g/mol. The predicted octanol–water partition coefficient (Wildman–Crippen LogP) is 1.79. The Kier molecular flexibility index (Phi) is 5.46. The van der Waals surface area contributed by atoms with E-state index < -0.39 is 30.5 Å². The first-order valence-corrected chi connectivity index (χ1v) is 6.88. The van der Waals surface area contributed by atoms with Crippen molar-refractivity contribution in [1.82, 2.24) is 5.32 Å². The number of rotatable bonds is 6. The van der Waals surface area contributed by atoms with E-state index in [0.717, 1.165) is 0 Å². The van der Waals surface area contributed by atoms with E-state index in [9.17, 15) is 14.4 Å². The highest BCUT2D eigenvalue weighted by molar-refractivity contribution is 5.96. The van der Waals surface area contributed by atoms with Crippen LogP contribution in [0.1, 0.15) is 22.0 Å². The van der Waals surface area contributed by atoms with Crippen molar-refractivity contribution in [2.24, 2.45) is 0 Å².